The van der Waals surface area contributed by atoms with Crippen LogP contribution in [0.4, 0.5) is 0 Å². The molecule has 0 aliphatic heterocycles. The van der Waals surface area contributed by atoms with E-state index < -0.39 is 12.1 Å². The van der Waals surface area contributed by atoms with Gasteiger partial charge in [0.2, 0.25) is 11.8 Å². The highest BCUT2D eigenvalue weighted by Gasteiger charge is 2.22. The van der Waals surface area contributed by atoms with Crippen LogP contribution in [0.2, 0.25) is 0 Å². The SMILES string of the molecule is CCCC(NC(=O)C(N)c1ccccc1)C(=O)NC. The minimum atomic E-state index is -0.759. The summed E-state index contributed by atoms with van der Waals surface area (Å²) >= 11 is 0. The van der Waals surface area contributed by atoms with E-state index in [0.29, 0.717) is 6.42 Å². The van der Waals surface area contributed by atoms with Crippen molar-refractivity contribution in [2.75, 3.05) is 7.05 Å². The van der Waals surface area contributed by atoms with Crippen LogP contribution in [0.5, 0.6) is 0 Å². The maximum atomic E-state index is 12.0. The number of rotatable bonds is 6. The van der Waals surface area contributed by atoms with Crippen LogP contribution in [0, 0.1) is 0 Å². The largest absolute Gasteiger partial charge is 0.357 e. The van der Waals surface area contributed by atoms with Gasteiger partial charge in [0.25, 0.3) is 0 Å². The number of benzene rings is 1. The number of hydrogen-bond donors (Lipinski definition) is 3. The van der Waals surface area contributed by atoms with Crippen molar-refractivity contribution in [3.05, 3.63) is 35.9 Å². The summed E-state index contributed by atoms with van der Waals surface area (Å²) in [5.74, 6) is -0.538. The Hall–Kier alpha value is -1.88. The molecule has 0 saturated carbocycles. The standard InChI is InChI=1S/C14H21N3O2/c1-3-7-11(13(18)16-2)17-14(19)12(15)10-8-5-4-6-9-10/h4-6,8-9,11-12H,3,7,15H2,1-2H3,(H,16,18)(H,17,19). The molecule has 2 unspecified atom stereocenters. The summed E-state index contributed by atoms with van der Waals surface area (Å²) in [5, 5.41) is 5.23. The molecule has 1 aromatic carbocycles. The van der Waals surface area contributed by atoms with Gasteiger partial charge >= 0.3 is 0 Å². The molecule has 0 bridgehead atoms. The van der Waals surface area contributed by atoms with Crippen molar-refractivity contribution in [3.63, 3.8) is 0 Å². The third-order valence-electron chi connectivity index (χ3n) is 2.90. The van der Waals surface area contributed by atoms with Crippen molar-refractivity contribution in [2.45, 2.75) is 31.8 Å². The summed E-state index contributed by atoms with van der Waals surface area (Å²) in [6, 6.07) is 7.80. The van der Waals surface area contributed by atoms with Gasteiger partial charge in [-0.3, -0.25) is 9.59 Å². The Kier molecular flexibility index (Phi) is 6.02. The summed E-state index contributed by atoms with van der Waals surface area (Å²) in [6.07, 6.45) is 1.39. The fourth-order valence-corrected chi connectivity index (χ4v) is 1.80. The van der Waals surface area contributed by atoms with Gasteiger partial charge in [-0.25, -0.2) is 0 Å². The molecule has 0 fully saturated rings. The Morgan fingerprint density at radius 3 is 2.37 bits per heavy atom. The molecule has 0 saturated heterocycles. The van der Waals surface area contributed by atoms with E-state index in [0.717, 1.165) is 12.0 Å². The first-order chi connectivity index (χ1) is 9.10. The van der Waals surface area contributed by atoms with Gasteiger partial charge in [-0.15, -0.1) is 0 Å². The molecular weight excluding hydrogens is 242 g/mol. The minimum absolute atomic E-state index is 0.199. The Balaban J connectivity index is 2.69. The van der Waals surface area contributed by atoms with E-state index in [1.807, 2.05) is 25.1 Å². The van der Waals surface area contributed by atoms with Crippen LogP contribution in [0.3, 0.4) is 0 Å². The van der Waals surface area contributed by atoms with E-state index in [2.05, 4.69) is 10.6 Å². The summed E-state index contributed by atoms with van der Waals surface area (Å²) in [7, 11) is 1.55. The molecule has 0 aromatic heterocycles. The molecule has 0 aliphatic rings. The highest BCUT2D eigenvalue weighted by molar-refractivity contribution is 5.90. The highest BCUT2D eigenvalue weighted by Crippen LogP contribution is 2.10. The number of nitrogens with one attached hydrogen (secondary N) is 2. The number of carbonyl (C=O) groups excluding carboxylic acids is 2. The predicted molar refractivity (Wildman–Crippen MR) is 74.3 cm³/mol. The molecule has 0 heterocycles. The maximum absolute atomic E-state index is 12.0. The van der Waals surface area contributed by atoms with E-state index >= 15 is 0 Å². The summed E-state index contributed by atoms with van der Waals surface area (Å²) in [4.78, 5) is 23.7. The zero-order chi connectivity index (χ0) is 14.3. The number of amides is 2. The first-order valence-electron chi connectivity index (χ1n) is 6.42. The molecule has 5 nitrogen and oxygen atoms in total. The lowest BCUT2D eigenvalue weighted by atomic mass is 10.1. The molecular formula is C14H21N3O2. The van der Waals surface area contributed by atoms with Crippen LogP contribution in [-0.2, 0) is 9.59 Å². The van der Waals surface area contributed by atoms with Crippen molar-refractivity contribution in [1.29, 1.82) is 0 Å². The van der Waals surface area contributed by atoms with Gasteiger partial charge in [-0.05, 0) is 12.0 Å². The molecule has 1 aromatic rings. The van der Waals surface area contributed by atoms with Crippen LogP contribution in [0.15, 0.2) is 30.3 Å². The van der Waals surface area contributed by atoms with Crippen LogP contribution in [0.1, 0.15) is 31.4 Å². The van der Waals surface area contributed by atoms with Crippen molar-refractivity contribution in [2.24, 2.45) is 5.73 Å². The number of likely N-dealkylation sites (N-methyl/N-ethyl adjacent to an activating group) is 1. The number of nitrogens with two attached hydrogens (primary N) is 1. The molecule has 5 heteroatoms. The zero-order valence-corrected chi connectivity index (χ0v) is 11.3. The van der Waals surface area contributed by atoms with Crippen LogP contribution in [0.25, 0.3) is 0 Å². The Morgan fingerprint density at radius 2 is 1.84 bits per heavy atom. The van der Waals surface area contributed by atoms with Crippen LogP contribution in [-0.4, -0.2) is 24.9 Å². The normalized spacial score (nSPS) is 13.4. The Morgan fingerprint density at radius 1 is 1.21 bits per heavy atom. The van der Waals surface area contributed by atoms with E-state index in [1.165, 1.54) is 0 Å². The van der Waals surface area contributed by atoms with Crippen molar-refractivity contribution >= 4 is 11.8 Å². The number of hydrogen-bond acceptors (Lipinski definition) is 3. The lowest BCUT2D eigenvalue weighted by molar-refractivity contribution is -0.129. The van der Waals surface area contributed by atoms with Gasteiger partial charge in [0.05, 0.1) is 0 Å². The van der Waals surface area contributed by atoms with E-state index in [4.69, 9.17) is 5.73 Å². The van der Waals surface area contributed by atoms with Gasteiger partial charge in [0.1, 0.15) is 12.1 Å². The molecule has 2 amide bonds. The van der Waals surface area contributed by atoms with E-state index in [-0.39, 0.29) is 11.8 Å². The average Bonchev–Trinajstić information content (AvgIpc) is 2.46. The van der Waals surface area contributed by atoms with Crippen molar-refractivity contribution < 1.29 is 9.59 Å². The maximum Gasteiger partial charge on any atom is 0.242 e. The topological polar surface area (TPSA) is 84.2 Å². The molecule has 0 radical (unpaired) electrons. The molecule has 2 atom stereocenters. The predicted octanol–water partition coefficient (Wildman–Crippen LogP) is 0.717. The van der Waals surface area contributed by atoms with E-state index in [9.17, 15) is 9.59 Å². The third kappa shape index (κ3) is 4.37. The molecule has 19 heavy (non-hydrogen) atoms. The highest BCUT2D eigenvalue weighted by atomic mass is 16.2. The van der Waals surface area contributed by atoms with Crippen molar-refractivity contribution in [1.82, 2.24) is 10.6 Å². The Labute approximate surface area is 113 Å². The first kappa shape index (κ1) is 15.2. The Bertz CT molecular complexity index is 420. The van der Waals surface area contributed by atoms with Gasteiger partial charge < -0.3 is 16.4 Å². The quantitative estimate of drug-likeness (QED) is 0.707. The molecule has 4 N–H and O–H groups in total. The zero-order valence-electron chi connectivity index (χ0n) is 11.3. The van der Waals surface area contributed by atoms with Crippen molar-refractivity contribution in [3.8, 4) is 0 Å². The van der Waals surface area contributed by atoms with Gasteiger partial charge in [-0.2, -0.15) is 0 Å². The second kappa shape index (κ2) is 7.53. The molecule has 1 rings (SSSR count). The second-order valence-corrected chi connectivity index (χ2v) is 4.35. The molecule has 104 valence electrons. The van der Waals surface area contributed by atoms with E-state index in [1.54, 1.807) is 19.2 Å². The van der Waals surface area contributed by atoms with Gasteiger partial charge in [0, 0.05) is 7.05 Å². The summed E-state index contributed by atoms with van der Waals surface area (Å²) in [6.45, 7) is 1.96. The summed E-state index contributed by atoms with van der Waals surface area (Å²) < 4.78 is 0. The fourth-order valence-electron chi connectivity index (χ4n) is 1.80. The fraction of sp³-hybridized carbons (Fsp3) is 0.429. The summed E-state index contributed by atoms with van der Waals surface area (Å²) in [5.41, 5.74) is 6.61. The lowest BCUT2D eigenvalue weighted by Crippen LogP contribution is -2.48. The second-order valence-electron chi connectivity index (χ2n) is 4.35. The van der Waals surface area contributed by atoms with Crippen LogP contribution >= 0.6 is 0 Å². The minimum Gasteiger partial charge on any atom is -0.357 e. The van der Waals surface area contributed by atoms with Gasteiger partial charge in [0.15, 0.2) is 0 Å². The smallest absolute Gasteiger partial charge is 0.242 e. The third-order valence-corrected chi connectivity index (χ3v) is 2.90. The lowest BCUT2D eigenvalue weighted by Gasteiger charge is -2.19. The van der Waals surface area contributed by atoms with Gasteiger partial charge in [-0.1, -0.05) is 43.7 Å². The first-order valence-corrected chi connectivity index (χ1v) is 6.42. The monoisotopic (exact) mass is 263 g/mol. The van der Waals surface area contributed by atoms with Crippen LogP contribution < -0.4 is 16.4 Å². The average molecular weight is 263 g/mol. The molecule has 0 aliphatic carbocycles. The molecule has 0 spiro atoms. The number of carbonyl (C=O) groups is 2.